The van der Waals surface area contributed by atoms with E-state index in [0.29, 0.717) is 11.1 Å². The third-order valence-corrected chi connectivity index (χ3v) is 4.69. The lowest BCUT2D eigenvalue weighted by Crippen LogP contribution is -1.96. The zero-order valence-corrected chi connectivity index (χ0v) is 11.4. The van der Waals surface area contributed by atoms with E-state index in [9.17, 15) is 0 Å². The van der Waals surface area contributed by atoms with E-state index in [2.05, 4.69) is 25.9 Å². The number of hydrogen-bond acceptors (Lipinski definition) is 3. The zero-order valence-electron chi connectivity index (χ0n) is 8.28. The van der Waals surface area contributed by atoms with Crippen LogP contribution >= 0.6 is 38.9 Å². The van der Waals surface area contributed by atoms with Gasteiger partial charge in [0, 0.05) is 5.92 Å². The Morgan fingerprint density at radius 1 is 1.38 bits per heavy atom. The Balaban J connectivity index is 2.13. The van der Waals surface area contributed by atoms with Gasteiger partial charge in [-0.15, -0.1) is 11.3 Å². The molecule has 1 aliphatic carbocycles. The van der Waals surface area contributed by atoms with E-state index in [4.69, 9.17) is 11.6 Å². The van der Waals surface area contributed by atoms with E-state index < -0.39 is 0 Å². The minimum atomic E-state index is 0.514. The molecule has 1 fully saturated rings. The summed E-state index contributed by atoms with van der Waals surface area (Å²) in [7, 11) is 0. The van der Waals surface area contributed by atoms with E-state index in [-0.39, 0.29) is 0 Å². The molecule has 82 valence electrons. The maximum Gasteiger partial charge on any atom is 0.171 e. The highest BCUT2D eigenvalue weighted by Crippen LogP contribution is 2.44. The van der Waals surface area contributed by atoms with Crippen LogP contribution in [0.4, 0.5) is 0 Å². The third-order valence-electron chi connectivity index (χ3n) is 2.54. The molecule has 0 radical (unpaired) electrons. The molecular formula is C11H8BrClN2S. The topological polar surface area (TPSA) is 25.8 Å². The normalized spacial score (nSPS) is 15.4. The number of hydrogen-bond donors (Lipinski definition) is 0. The fraction of sp³-hybridized carbons (Fsp3) is 0.273. The molecule has 2 nitrogen and oxygen atoms in total. The summed E-state index contributed by atoms with van der Waals surface area (Å²) in [5.74, 6) is 1.30. The molecular weight excluding hydrogens is 308 g/mol. The molecule has 2 heterocycles. The van der Waals surface area contributed by atoms with Gasteiger partial charge in [-0.05, 0) is 40.2 Å². The van der Waals surface area contributed by atoms with Crippen LogP contribution in [0.3, 0.4) is 0 Å². The molecule has 5 heteroatoms. The van der Waals surface area contributed by atoms with Crippen LogP contribution in [0.1, 0.15) is 24.5 Å². The van der Waals surface area contributed by atoms with Gasteiger partial charge in [0.15, 0.2) is 5.82 Å². The summed E-state index contributed by atoms with van der Waals surface area (Å²) in [6, 6.07) is 4.01. The first-order valence-electron chi connectivity index (χ1n) is 5.02. The highest BCUT2D eigenvalue weighted by Gasteiger charge is 2.29. The highest BCUT2D eigenvalue weighted by atomic mass is 79.9. The summed E-state index contributed by atoms with van der Waals surface area (Å²) in [4.78, 5) is 9.98. The minimum absolute atomic E-state index is 0.514. The summed E-state index contributed by atoms with van der Waals surface area (Å²) < 4.78 is 0.858. The van der Waals surface area contributed by atoms with Crippen LogP contribution in [-0.2, 0) is 0 Å². The van der Waals surface area contributed by atoms with Crippen molar-refractivity contribution in [1.82, 2.24) is 9.97 Å². The first-order valence-corrected chi connectivity index (χ1v) is 7.07. The maximum atomic E-state index is 6.11. The van der Waals surface area contributed by atoms with Gasteiger partial charge in [-0.3, -0.25) is 0 Å². The van der Waals surface area contributed by atoms with Crippen molar-refractivity contribution in [2.75, 3.05) is 0 Å². The van der Waals surface area contributed by atoms with Crippen molar-refractivity contribution >= 4 is 38.9 Å². The lowest BCUT2D eigenvalue weighted by Gasteiger charge is -2.05. The van der Waals surface area contributed by atoms with Gasteiger partial charge in [0.25, 0.3) is 0 Å². The molecule has 0 atom stereocenters. The molecule has 0 spiro atoms. The molecule has 0 aliphatic heterocycles. The van der Waals surface area contributed by atoms with Gasteiger partial charge in [0.2, 0.25) is 0 Å². The monoisotopic (exact) mass is 314 g/mol. The second-order valence-electron chi connectivity index (χ2n) is 3.79. The lowest BCUT2D eigenvalue weighted by molar-refractivity contribution is 0.982. The average Bonchev–Trinajstić information content (AvgIpc) is 2.96. The molecule has 0 aromatic carbocycles. The number of aromatic nitrogens is 2. The first-order chi connectivity index (χ1) is 7.75. The van der Waals surface area contributed by atoms with Crippen LogP contribution < -0.4 is 0 Å². The minimum Gasteiger partial charge on any atom is -0.231 e. The Labute approximate surface area is 111 Å². The fourth-order valence-electron chi connectivity index (χ4n) is 1.58. The number of rotatable bonds is 2. The van der Waals surface area contributed by atoms with Crippen molar-refractivity contribution in [3.63, 3.8) is 0 Å². The van der Waals surface area contributed by atoms with E-state index in [1.54, 1.807) is 11.3 Å². The van der Waals surface area contributed by atoms with Crippen molar-refractivity contribution < 1.29 is 0 Å². The van der Waals surface area contributed by atoms with Gasteiger partial charge < -0.3 is 0 Å². The van der Waals surface area contributed by atoms with Crippen LogP contribution in [0.2, 0.25) is 5.15 Å². The highest BCUT2D eigenvalue weighted by molar-refractivity contribution is 9.10. The number of halogens is 2. The Kier molecular flexibility index (Phi) is 2.73. The first kappa shape index (κ1) is 10.7. The molecule has 0 saturated heterocycles. The summed E-state index contributed by atoms with van der Waals surface area (Å²) in [6.45, 7) is 0. The Bertz CT molecular complexity index is 523. The van der Waals surface area contributed by atoms with Crippen molar-refractivity contribution in [3.05, 3.63) is 32.8 Å². The molecule has 2 aromatic rings. The van der Waals surface area contributed by atoms with Crippen LogP contribution in [0.25, 0.3) is 10.7 Å². The van der Waals surface area contributed by atoms with Crippen LogP contribution in [0, 0.1) is 0 Å². The lowest BCUT2D eigenvalue weighted by atomic mass is 10.3. The second kappa shape index (κ2) is 4.09. The average molecular weight is 316 g/mol. The molecule has 2 aromatic heterocycles. The Morgan fingerprint density at radius 3 is 2.81 bits per heavy atom. The van der Waals surface area contributed by atoms with E-state index in [1.807, 2.05) is 17.5 Å². The standard InChI is InChI=1S/C11H8BrClN2S/c12-8-9(6-3-4-6)14-11(15-10(8)13)7-2-1-5-16-7/h1-2,5-6H,3-4H2. The fourth-order valence-corrected chi connectivity index (χ4v) is 2.91. The predicted octanol–water partition coefficient (Wildman–Crippen LogP) is 4.50. The van der Waals surface area contributed by atoms with Crippen LogP contribution in [0.15, 0.2) is 22.0 Å². The zero-order chi connectivity index (χ0) is 11.1. The molecule has 0 N–H and O–H groups in total. The van der Waals surface area contributed by atoms with E-state index in [1.165, 1.54) is 12.8 Å². The predicted molar refractivity (Wildman–Crippen MR) is 70.0 cm³/mol. The quantitative estimate of drug-likeness (QED) is 0.763. The van der Waals surface area contributed by atoms with Gasteiger partial charge >= 0.3 is 0 Å². The van der Waals surface area contributed by atoms with Crippen molar-refractivity contribution in [3.8, 4) is 10.7 Å². The van der Waals surface area contributed by atoms with Gasteiger partial charge in [-0.25, -0.2) is 9.97 Å². The second-order valence-corrected chi connectivity index (χ2v) is 5.89. The molecule has 0 unspecified atom stereocenters. The molecule has 0 bridgehead atoms. The molecule has 0 amide bonds. The molecule has 1 saturated carbocycles. The smallest absolute Gasteiger partial charge is 0.171 e. The van der Waals surface area contributed by atoms with E-state index in [0.717, 1.165) is 20.9 Å². The summed E-state index contributed by atoms with van der Waals surface area (Å²) in [6.07, 6.45) is 2.41. The Morgan fingerprint density at radius 2 is 2.19 bits per heavy atom. The maximum absolute atomic E-state index is 6.11. The third kappa shape index (κ3) is 1.90. The Hall–Kier alpha value is -0.450. The summed E-state index contributed by atoms with van der Waals surface area (Å²) in [5.41, 5.74) is 1.06. The van der Waals surface area contributed by atoms with Crippen LogP contribution in [-0.4, -0.2) is 9.97 Å². The molecule has 3 rings (SSSR count). The molecule has 16 heavy (non-hydrogen) atoms. The van der Waals surface area contributed by atoms with Gasteiger partial charge in [0.1, 0.15) is 5.15 Å². The van der Waals surface area contributed by atoms with Crippen molar-refractivity contribution in [2.24, 2.45) is 0 Å². The largest absolute Gasteiger partial charge is 0.231 e. The van der Waals surface area contributed by atoms with E-state index >= 15 is 0 Å². The SMILES string of the molecule is Clc1nc(-c2cccs2)nc(C2CC2)c1Br. The van der Waals surface area contributed by atoms with Gasteiger partial charge in [-0.2, -0.15) is 0 Å². The van der Waals surface area contributed by atoms with Gasteiger partial charge in [-0.1, -0.05) is 17.7 Å². The van der Waals surface area contributed by atoms with Crippen molar-refractivity contribution in [2.45, 2.75) is 18.8 Å². The summed E-state index contributed by atoms with van der Waals surface area (Å²) in [5, 5.41) is 2.53. The number of nitrogens with zero attached hydrogens (tertiary/aromatic N) is 2. The number of thiophene rings is 1. The van der Waals surface area contributed by atoms with Crippen molar-refractivity contribution in [1.29, 1.82) is 0 Å². The molecule has 1 aliphatic rings. The van der Waals surface area contributed by atoms with Crippen LogP contribution in [0.5, 0.6) is 0 Å². The van der Waals surface area contributed by atoms with Gasteiger partial charge in [0.05, 0.1) is 15.0 Å². The summed E-state index contributed by atoms with van der Waals surface area (Å²) >= 11 is 11.2.